The standard InChI is InChI=1S/C18H21FN2O3S/c1-3-4-11-20-18(22)14-5-7-15(8-6-14)21-25(23,24)16-9-10-17(19)13(2)12-16/h5-10,12,21H,3-4,11H2,1-2H3,(H,20,22). The third kappa shape index (κ3) is 5.03. The molecule has 134 valence electrons. The average molecular weight is 364 g/mol. The molecule has 25 heavy (non-hydrogen) atoms. The molecule has 2 N–H and O–H groups in total. The summed E-state index contributed by atoms with van der Waals surface area (Å²) in [7, 11) is -3.82. The number of nitrogens with one attached hydrogen (secondary N) is 2. The molecule has 0 aliphatic rings. The van der Waals surface area contributed by atoms with Crippen LogP contribution < -0.4 is 10.0 Å². The van der Waals surface area contributed by atoms with E-state index in [4.69, 9.17) is 0 Å². The van der Waals surface area contributed by atoms with Crippen molar-refractivity contribution in [3.8, 4) is 0 Å². The lowest BCUT2D eigenvalue weighted by molar-refractivity contribution is 0.0953. The van der Waals surface area contributed by atoms with Crippen molar-refractivity contribution in [1.29, 1.82) is 0 Å². The lowest BCUT2D eigenvalue weighted by Gasteiger charge is -2.10. The number of benzene rings is 2. The molecule has 0 saturated heterocycles. The van der Waals surface area contributed by atoms with Crippen molar-refractivity contribution in [1.82, 2.24) is 5.32 Å². The molecule has 1 amide bonds. The number of halogens is 1. The summed E-state index contributed by atoms with van der Waals surface area (Å²) in [5.74, 6) is -0.658. The van der Waals surface area contributed by atoms with Gasteiger partial charge in [-0.25, -0.2) is 12.8 Å². The Hall–Kier alpha value is -2.41. The summed E-state index contributed by atoms with van der Waals surface area (Å²) in [6.45, 7) is 4.14. The van der Waals surface area contributed by atoms with Crippen molar-refractivity contribution in [2.45, 2.75) is 31.6 Å². The number of sulfonamides is 1. The molecule has 0 fully saturated rings. The smallest absolute Gasteiger partial charge is 0.261 e. The molecule has 7 heteroatoms. The quantitative estimate of drug-likeness (QED) is 0.739. The summed E-state index contributed by atoms with van der Waals surface area (Å²) in [5, 5.41) is 2.79. The molecule has 5 nitrogen and oxygen atoms in total. The van der Waals surface area contributed by atoms with Gasteiger partial charge in [0.2, 0.25) is 0 Å². The van der Waals surface area contributed by atoms with Gasteiger partial charge in [-0.3, -0.25) is 9.52 Å². The van der Waals surface area contributed by atoms with Crippen molar-refractivity contribution < 1.29 is 17.6 Å². The molecule has 0 spiro atoms. The average Bonchev–Trinajstić information content (AvgIpc) is 2.57. The second kappa shape index (κ2) is 8.11. The van der Waals surface area contributed by atoms with Crippen LogP contribution in [0.3, 0.4) is 0 Å². The van der Waals surface area contributed by atoms with Gasteiger partial charge in [-0.05, 0) is 61.4 Å². The van der Waals surface area contributed by atoms with Crippen LogP contribution in [0.5, 0.6) is 0 Å². The zero-order valence-electron chi connectivity index (χ0n) is 14.2. The summed E-state index contributed by atoms with van der Waals surface area (Å²) >= 11 is 0. The van der Waals surface area contributed by atoms with Gasteiger partial charge in [0.05, 0.1) is 4.90 Å². The minimum absolute atomic E-state index is 0.0206. The summed E-state index contributed by atoms with van der Waals surface area (Å²) in [5.41, 5.74) is 1.03. The summed E-state index contributed by atoms with van der Waals surface area (Å²) in [4.78, 5) is 11.9. The van der Waals surface area contributed by atoms with E-state index in [0.717, 1.165) is 18.9 Å². The molecule has 0 bridgehead atoms. The van der Waals surface area contributed by atoms with Gasteiger partial charge in [-0.15, -0.1) is 0 Å². The van der Waals surface area contributed by atoms with Crippen LogP contribution >= 0.6 is 0 Å². The van der Waals surface area contributed by atoms with Gasteiger partial charge in [0.25, 0.3) is 15.9 Å². The first kappa shape index (κ1) is 18.9. The number of rotatable bonds is 7. The van der Waals surface area contributed by atoms with E-state index in [2.05, 4.69) is 10.0 Å². The minimum Gasteiger partial charge on any atom is -0.352 e. The maximum Gasteiger partial charge on any atom is 0.261 e. The molecule has 0 aromatic heterocycles. The van der Waals surface area contributed by atoms with E-state index in [0.29, 0.717) is 17.8 Å². The fourth-order valence-corrected chi connectivity index (χ4v) is 3.31. The topological polar surface area (TPSA) is 75.3 Å². The molecule has 0 saturated carbocycles. The van der Waals surface area contributed by atoms with Crippen LogP contribution in [0.1, 0.15) is 35.7 Å². The Morgan fingerprint density at radius 3 is 2.40 bits per heavy atom. The lowest BCUT2D eigenvalue weighted by atomic mass is 10.2. The van der Waals surface area contributed by atoms with Gasteiger partial charge < -0.3 is 5.32 Å². The zero-order chi connectivity index (χ0) is 18.4. The van der Waals surface area contributed by atoms with E-state index in [1.807, 2.05) is 6.92 Å². The van der Waals surface area contributed by atoms with Crippen LogP contribution in [0, 0.1) is 12.7 Å². The van der Waals surface area contributed by atoms with E-state index < -0.39 is 15.8 Å². The Morgan fingerprint density at radius 2 is 1.80 bits per heavy atom. The Kier molecular flexibility index (Phi) is 6.14. The van der Waals surface area contributed by atoms with Gasteiger partial charge in [0, 0.05) is 17.8 Å². The Bertz CT molecular complexity index is 849. The van der Waals surface area contributed by atoms with Crippen LogP contribution in [0.2, 0.25) is 0 Å². The molecule has 2 aromatic rings. The third-order valence-corrected chi connectivity index (χ3v) is 5.03. The molecule has 0 aliphatic carbocycles. The monoisotopic (exact) mass is 364 g/mol. The lowest BCUT2D eigenvalue weighted by Crippen LogP contribution is -2.24. The number of hydrogen-bond acceptors (Lipinski definition) is 3. The Balaban J connectivity index is 2.09. The van der Waals surface area contributed by atoms with Crippen molar-refractivity contribution in [2.75, 3.05) is 11.3 Å². The fraction of sp³-hybridized carbons (Fsp3) is 0.278. The molecule has 0 heterocycles. The van der Waals surface area contributed by atoms with E-state index in [-0.39, 0.29) is 16.4 Å². The number of hydrogen-bond donors (Lipinski definition) is 2. The van der Waals surface area contributed by atoms with Crippen LogP contribution in [0.4, 0.5) is 10.1 Å². The first-order valence-corrected chi connectivity index (χ1v) is 9.49. The van der Waals surface area contributed by atoms with Crippen molar-refractivity contribution in [3.05, 3.63) is 59.4 Å². The maximum absolute atomic E-state index is 13.3. The molecule has 0 radical (unpaired) electrons. The second-order valence-electron chi connectivity index (χ2n) is 5.70. The largest absolute Gasteiger partial charge is 0.352 e. The number of unbranched alkanes of at least 4 members (excludes halogenated alkanes) is 1. The number of carbonyl (C=O) groups excluding carboxylic acids is 1. The summed E-state index contributed by atoms with van der Waals surface area (Å²) < 4.78 is 40.4. The molecular formula is C18H21FN2O3S. The summed E-state index contributed by atoms with van der Waals surface area (Å²) in [6.07, 6.45) is 1.89. The first-order chi connectivity index (χ1) is 11.8. The number of carbonyl (C=O) groups is 1. The van der Waals surface area contributed by atoms with Gasteiger partial charge in [0.1, 0.15) is 5.82 Å². The Labute approximate surface area is 147 Å². The predicted octanol–water partition coefficient (Wildman–Crippen LogP) is 3.46. The van der Waals surface area contributed by atoms with Crippen molar-refractivity contribution >= 4 is 21.6 Å². The second-order valence-corrected chi connectivity index (χ2v) is 7.39. The fourth-order valence-electron chi connectivity index (χ4n) is 2.17. The van der Waals surface area contributed by atoms with Crippen LogP contribution in [0.25, 0.3) is 0 Å². The van der Waals surface area contributed by atoms with Crippen molar-refractivity contribution in [3.63, 3.8) is 0 Å². The van der Waals surface area contributed by atoms with E-state index in [9.17, 15) is 17.6 Å². The summed E-state index contributed by atoms with van der Waals surface area (Å²) in [6, 6.07) is 9.73. The molecule has 0 aliphatic heterocycles. The molecular weight excluding hydrogens is 343 g/mol. The highest BCUT2D eigenvalue weighted by molar-refractivity contribution is 7.92. The van der Waals surface area contributed by atoms with E-state index >= 15 is 0 Å². The van der Waals surface area contributed by atoms with E-state index in [1.54, 1.807) is 12.1 Å². The highest BCUT2D eigenvalue weighted by Gasteiger charge is 2.16. The molecule has 0 atom stereocenters. The number of amides is 1. The highest BCUT2D eigenvalue weighted by atomic mass is 32.2. The van der Waals surface area contributed by atoms with E-state index in [1.165, 1.54) is 31.2 Å². The van der Waals surface area contributed by atoms with Gasteiger partial charge in [-0.2, -0.15) is 0 Å². The van der Waals surface area contributed by atoms with Gasteiger partial charge in [-0.1, -0.05) is 13.3 Å². The predicted molar refractivity (Wildman–Crippen MR) is 95.6 cm³/mol. The van der Waals surface area contributed by atoms with Crippen LogP contribution in [-0.4, -0.2) is 20.9 Å². The Morgan fingerprint density at radius 1 is 1.12 bits per heavy atom. The van der Waals surface area contributed by atoms with Crippen LogP contribution in [0.15, 0.2) is 47.4 Å². The minimum atomic E-state index is -3.82. The third-order valence-electron chi connectivity index (χ3n) is 3.65. The first-order valence-electron chi connectivity index (χ1n) is 8.00. The highest BCUT2D eigenvalue weighted by Crippen LogP contribution is 2.19. The zero-order valence-corrected chi connectivity index (χ0v) is 15.0. The van der Waals surface area contributed by atoms with Gasteiger partial charge >= 0.3 is 0 Å². The van der Waals surface area contributed by atoms with Crippen molar-refractivity contribution in [2.24, 2.45) is 0 Å². The number of aryl methyl sites for hydroxylation is 1. The van der Waals surface area contributed by atoms with Gasteiger partial charge in [0.15, 0.2) is 0 Å². The number of anilines is 1. The SMILES string of the molecule is CCCCNC(=O)c1ccc(NS(=O)(=O)c2ccc(F)c(C)c2)cc1. The molecule has 2 aromatic carbocycles. The molecule has 2 rings (SSSR count). The molecule has 0 unspecified atom stereocenters. The normalized spacial score (nSPS) is 11.2. The van der Waals surface area contributed by atoms with Crippen LogP contribution in [-0.2, 0) is 10.0 Å². The maximum atomic E-state index is 13.3.